The fourth-order valence-electron chi connectivity index (χ4n) is 4.69. The van der Waals surface area contributed by atoms with E-state index in [1.54, 1.807) is 19.1 Å². The van der Waals surface area contributed by atoms with Crippen LogP contribution in [0.1, 0.15) is 31.0 Å². The summed E-state index contributed by atoms with van der Waals surface area (Å²) in [5, 5.41) is 5.62. The SMILES string of the molecule is CCOC(=O)C1=C(CN2CCN(c3cccc(C)c3)[C@H](C)C2)NC(=O)N[C@H]1c1ccc(F)cc1. The van der Waals surface area contributed by atoms with Crippen LogP contribution in [0.3, 0.4) is 0 Å². The number of carbonyl (C=O) groups excluding carboxylic acids is 2. The second-order valence-electron chi connectivity index (χ2n) is 8.81. The van der Waals surface area contributed by atoms with Crippen molar-refractivity contribution in [2.45, 2.75) is 32.9 Å². The molecule has 0 radical (unpaired) electrons. The van der Waals surface area contributed by atoms with Gasteiger partial charge in [0.1, 0.15) is 5.82 Å². The molecular formula is C26H31FN4O3. The lowest BCUT2D eigenvalue weighted by Gasteiger charge is -2.42. The van der Waals surface area contributed by atoms with Crippen molar-refractivity contribution < 1.29 is 18.7 Å². The highest BCUT2D eigenvalue weighted by Crippen LogP contribution is 2.29. The van der Waals surface area contributed by atoms with Crippen LogP contribution in [0, 0.1) is 12.7 Å². The molecule has 1 saturated heterocycles. The van der Waals surface area contributed by atoms with Crippen molar-refractivity contribution in [2.24, 2.45) is 0 Å². The van der Waals surface area contributed by atoms with Gasteiger partial charge < -0.3 is 20.3 Å². The van der Waals surface area contributed by atoms with Crippen molar-refractivity contribution >= 4 is 17.7 Å². The molecule has 7 nitrogen and oxygen atoms in total. The molecule has 2 heterocycles. The monoisotopic (exact) mass is 466 g/mol. The van der Waals surface area contributed by atoms with Gasteiger partial charge in [-0.25, -0.2) is 14.0 Å². The number of hydrogen-bond donors (Lipinski definition) is 2. The molecule has 2 N–H and O–H groups in total. The fraction of sp³-hybridized carbons (Fsp3) is 0.385. The van der Waals surface area contributed by atoms with Crippen LogP contribution < -0.4 is 15.5 Å². The lowest BCUT2D eigenvalue weighted by atomic mass is 9.94. The predicted octanol–water partition coefficient (Wildman–Crippen LogP) is 3.52. The fourth-order valence-corrected chi connectivity index (χ4v) is 4.69. The van der Waals surface area contributed by atoms with E-state index < -0.39 is 18.0 Å². The Morgan fingerprint density at radius 1 is 1.18 bits per heavy atom. The highest BCUT2D eigenvalue weighted by molar-refractivity contribution is 5.95. The number of amides is 2. The number of carbonyl (C=O) groups is 2. The van der Waals surface area contributed by atoms with Gasteiger partial charge in [0.25, 0.3) is 0 Å². The van der Waals surface area contributed by atoms with E-state index in [2.05, 4.69) is 58.5 Å². The van der Waals surface area contributed by atoms with Gasteiger partial charge in [-0.15, -0.1) is 0 Å². The van der Waals surface area contributed by atoms with Gasteiger partial charge in [-0.3, -0.25) is 4.90 Å². The molecule has 2 atom stereocenters. The maximum absolute atomic E-state index is 13.5. The second kappa shape index (κ2) is 10.3. The molecule has 34 heavy (non-hydrogen) atoms. The summed E-state index contributed by atoms with van der Waals surface area (Å²) in [6.45, 7) is 9.02. The first-order valence-electron chi connectivity index (χ1n) is 11.6. The lowest BCUT2D eigenvalue weighted by Crippen LogP contribution is -2.54. The molecule has 2 amide bonds. The van der Waals surface area contributed by atoms with E-state index in [1.165, 1.54) is 23.4 Å². The van der Waals surface area contributed by atoms with E-state index in [9.17, 15) is 14.0 Å². The quantitative estimate of drug-likeness (QED) is 0.638. The summed E-state index contributed by atoms with van der Waals surface area (Å²) in [6.07, 6.45) is 0. The van der Waals surface area contributed by atoms with Gasteiger partial charge in [-0.1, -0.05) is 24.3 Å². The number of hydrogen-bond acceptors (Lipinski definition) is 5. The number of aryl methyl sites for hydroxylation is 1. The van der Waals surface area contributed by atoms with Gasteiger partial charge in [0.2, 0.25) is 0 Å². The van der Waals surface area contributed by atoms with Gasteiger partial charge >= 0.3 is 12.0 Å². The molecule has 0 saturated carbocycles. The van der Waals surface area contributed by atoms with E-state index in [-0.39, 0.29) is 18.5 Å². The van der Waals surface area contributed by atoms with Crippen molar-refractivity contribution in [2.75, 3.05) is 37.7 Å². The largest absolute Gasteiger partial charge is 0.463 e. The Bertz CT molecular complexity index is 1090. The highest BCUT2D eigenvalue weighted by Gasteiger charge is 2.35. The van der Waals surface area contributed by atoms with E-state index >= 15 is 0 Å². The summed E-state index contributed by atoms with van der Waals surface area (Å²) < 4.78 is 18.8. The van der Waals surface area contributed by atoms with Crippen molar-refractivity contribution in [3.63, 3.8) is 0 Å². The molecule has 0 spiro atoms. The smallest absolute Gasteiger partial charge is 0.338 e. The average molecular weight is 467 g/mol. The van der Waals surface area contributed by atoms with Crippen molar-refractivity contribution in [3.05, 3.63) is 76.7 Å². The Labute approximate surface area is 199 Å². The van der Waals surface area contributed by atoms with Crippen LogP contribution in [0.5, 0.6) is 0 Å². The van der Waals surface area contributed by atoms with Gasteiger partial charge in [-0.2, -0.15) is 0 Å². The summed E-state index contributed by atoms with van der Waals surface area (Å²) in [6, 6.07) is 13.4. The number of rotatable bonds is 6. The Hall–Kier alpha value is -3.39. The number of esters is 1. The van der Waals surface area contributed by atoms with E-state index in [0.29, 0.717) is 23.4 Å². The zero-order chi connectivity index (χ0) is 24.2. The number of urea groups is 1. The molecule has 2 aromatic rings. The maximum Gasteiger partial charge on any atom is 0.338 e. The Morgan fingerprint density at radius 2 is 1.94 bits per heavy atom. The summed E-state index contributed by atoms with van der Waals surface area (Å²) in [5.41, 5.74) is 3.91. The van der Waals surface area contributed by atoms with Gasteiger partial charge in [-0.05, 0) is 56.2 Å². The number of halogens is 1. The molecule has 0 aliphatic carbocycles. The minimum Gasteiger partial charge on any atom is -0.463 e. The van der Waals surface area contributed by atoms with Crippen molar-refractivity contribution in [1.82, 2.24) is 15.5 Å². The van der Waals surface area contributed by atoms with Crippen LogP contribution in [0.4, 0.5) is 14.9 Å². The molecule has 8 heteroatoms. The third kappa shape index (κ3) is 5.22. The lowest BCUT2D eigenvalue weighted by molar-refractivity contribution is -0.139. The summed E-state index contributed by atoms with van der Waals surface area (Å²) in [7, 11) is 0. The first-order valence-corrected chi connectivity index (χ1v) is 11.6. The number of benzene rings is 2. The zero-order valence-electron chi connectivity index (χ0n) is 19.8. The van der Waals surface area contributed by atoms with Crippen LogP contribution in [0.2, 0.25) is 0 Å². The molecule has 180 valence electrons. The molecule has 4 rings (SSSR count). The van der Waals surface area contributed by atoms with Crippen molar-refractivity contribution in [1.29, 1.82) is 0 Å². The van der Waals surface area contributed by atoms with Crippen LogP contribution in [-0.4, -0.2) is 55.7 Å². The van der Waals surface area contributed by atoms with Crippen LogP contribution in [0.25, 0.3) is 0 Å². The number of ether oxygens (including phenoxy) is 1. The first kappa shape index (κ1) is 23.8. The normalized spacial score (nSPS) is 21.2. The summed E-state index contributed by atoms with van der Waals surface area (Å²) in [4.78, 5) is 30.1. The van der Waals surface area contributed by atoms with E-state index in [1.807, 2.05) is 0 Å². The van der Waals surface area contributed by atoms with E-state index in [4.69, 9.17) is 4.74 Å². The number of anilines is 1. The molecular weight excluding hydrogens is 435 g/mol. The Morgan fingerprint density at radius 3 is 2.62 bits per heavy atom. The van der Waals surface area contributed by atoms with Crippen LogP contribution >= 0.6 is 0 Å². The molecule has 0 bridgehead atoms. The molecule has 1 fully saturated rings. The van der Waals surface area contributed by atoms with Crippen molar-refractivity contribution in [3.8, 4) is 0 Å². The van der Waals surface area contributed by atoms with Crippen LogP contribution in [0.15, 0.2) is 59.8 Å². The third-order valence-electron chi connectivity index (χ3n) is 6.28. The minimum atomic E-state index is -0.714. The molecule has 2 aliphatic heterocycles. The molecule has 0 unspecified atom stereocenters. The minimum absolute atomic E-state index is 0.214. The Kier molecular flexibility index (Phi) is 7.17. The summed E-state index contributed by atoms with van der Waals surface area (Å²) >= 11 is 0. The van der Waals surface area contributed by atoms with E-state index in [0.717, 1.165) is 19.6 Å². The topological polar surface area (TPSA) is 73.9 Å². The van der Waals surface area contributed by atoms with Gasteiger partial charge in [0.05, 0.1) is 18.2 Å². The molecule has 0 aromatic heterocycles. The average Bonchev–Trinajstić information content (AvgIpc) is 2.79. The third-order valence-corrected chi connectivity index (χ3v) is 6.28. The number of nitrogens with zero attached hydrogens (tertiary/aromatic N) is 2. The molecule has 2 aliphatic rings. The maximum atomic E-state index is 13.5. The van der Waals surface area contributed by atoms with Gasteiger partial charge in [0.15, 0.2) is 0 Å². The zero-order valence-corrected chi connectivity index (χ0v) is 19.8. The number of nitrogens with one attached hydrogen (secondary N) is 2. The standard InChI is InChI=1S/C26H31FN4O3/c1-4-34-25(32)23-22(28-26(33)29-24(23)19-8-10-20(27)11-9-19)16-30-12-13-31(18(3)15-30)21-7-5-6-17(2)14-21/h5-11,14,18,24H,4,12-13,15-16H2,1-3H3,(H2,28,29,33)/t18-,24+/m1/s1. The summed E-state index contributed by atoms with van der Waals surface area (Å²) in [5.74, 6) is -0.878. The highest BCUT2D eigenvalue weighted by atomic mass is 19.1. The Balaban J connectivity index is 1.58. The number of piperazine rings is 1. The predicted molar refractivity (Wildman–Crippen MR) is 129 cm³/mol. The second-order valence-corrected chi connectivity index (χ2v) is 8.81. The molecule has 2 aromatic carbocycles. The van der Waals surface area contributed by atoms with Gasteiger partial charge in [0, 0.05) is 43.6 Å². The first-order chi connectivity index (χ1) is 16.4. The van der Waals surface area contributed by atoms with Crippen LogP contribution in [-0.2, 0) is 9.53 Å².